The number of morpholine rings is 1. The monoisotopic (exact) mass is 341 g/mol. The van der Waals surface area contributed by atoms with Gasteiger partial charge in [-0.3, -0.25) is 0 Å². The molecule has 2 aromatic rings. The average Bonchev–Trinajstić information content (AvgIpc) is 2.69. The molecule has 2 unspecified atom stereocenters. The van der Waals surface area contributed by atoms with Gasteiger partial charge in [0, 0.05) is 13.1 Å². The van der Waals surface area contributed by atoms with Crippen molar-refractivity contribution < 1.29 is 14.2 Å². The predicted molar refractivity (Wildman–Crippen MR) is 99.3 cm³/mol. The van der Waals surface area contributed by atoms with E-state index in [1.165, 1.54) is 0 Å². The van der Waals surface area contributed by atoms with Crippen LogP contribution in [0.2, 0.25) is 0 Å². The lowest BCUT2D eigenvalue weighted by atomic mass is 10.0. The second kappa shape index (κ2) is 9.44. The lowest BCUT2D eigenvalue weighted by Crippen LogP contribution is -2.43. The van der Waals surface area contributed by atoms with E-state index in [1.54, 1.807) is 0 Å². The molecule has 25 heavy (non-hydrogen) atoms. The van der Waals surface area contributed by atoms with Crippen molar-refractivity contribution in [1.82, 2.24) is 5.32 Å². The van der Waals surface area contributed by atoms with E-state index < -0.39 is 0 Å². The minimum absolute atomic E-state index is 0.0279. The Bertz CT molecular complexity index is 626. The molecule has 0 bridgehead atoms. The van der Waals surface area contributed by atoms with Crippen molar-refractivity contribution in [2.24, 2.45) is 0 Å². The Morgan fingerprint density at radius 3 is 2.56 bits per heavy atom. The highest BCUT2D eigenvalue weighted by molar-refractivity contribution is 5.40. The van der Waals surface area contributed by atoms with Gasteiger partial charge >= 0.3 is 0 Å². The molecule has 0 saturated carbocycles. The van der Waals surface area contributed by atoms with Gasteiger partial charge in [-0.2, -0.15) is 0 Å². The quantitative estimate of drug-likeness (QED) is 0.738. The number of para-hydroxylation sites is 2. The zero-order valence-corrected chi connectivity index (χ0v) is 14.8. The smallest absolute Gasteiger partial charge is 0.162 e. The van der Waals surface area contributed by atoms with E-state index in [0.717, 1.165) is 43.0 Å². The Labute approximate surface area is 150 Å². The zero-order valence-electron chi connectivity index (χ0n) is 14.8. The molecular weight excluding hydrogens is 314 g/mol. The molecule has 4 nitrogen and oxygen atoms in total. The van der Waals surface area contributed by atoms with Gasteiger partial charge < -0.3 is 19.5 Å². The van der Waals surface area contributed by atoms with Gasteiger partial charge in [-0.1, -0.05) is 55.8 Å². The van der Waals surface area contributed by atoms with Crippen molar-refractivity contribution in [3.8, 4) is 11.5 Å². The van der Waals surface area contributed by atoms with Crippen LogP contribution in [-0.2, 0) is 4.74 Å². The summed E-state index contributed by atoms with van der Waals surface area (Å²) in [7, 11) is 0. The predicted octanol–water partition coefficient (Wildman–Crippen LogP) is 3.97. The van der Waals surface area contributed by atoms with E-state index in [0.29, 0.717) is 13.2 Å². The summed E-state index contributed by atoms with van der Waals surface area (Å²) in [6.07, 6.45) is 1.94. The highest BCUT2D eigenvalue weighted by atomic mass is 16.6. The van der Waals surface area contributed by atoms with E-state index in [9.17, 15) is 0 Å². The molecule has 0 aliphatic carbocycles. The van der Waals surface area contributed by atoms with Gasteiger partial charge in [0.05, 0.1) is 13.2 Å². The molecule has 2 aromatic carbocycles. The van der Waals surface area contributed by atoms with Crippen LogP contribution in [0.15, 0.2) is 54.6 Å². The Hall–Kier alpha value is -2.04. The lowest BCUT2D eigenvalue weighted by molar-refractivity contribution is -0.0439. The summed E-state index contributed by atoms with van der Waals surface area (Å²) >= 11 is 0. The van der Waals surface area contributed by atoms with Gasteiger partial charge in [-0.15, -0.1) is 0 Å². The summed E-state index contributed by atoms with van der Waals surface area (Å²) in [5, 5.41) is 3.39. The van der Waals surface area contributed by atoms with Crippen LogP contribution >= 0.6 is 0 Å². The van der Waals surface area contributed by atoms with Gasteiger partial charge in [0.25, 0.3) is 0 Å². The molecule has 0 spiro atoms. The lowest BCUT2D eigenvalue weighted by Gasteiger charge is -2.32. The first-order chi connectivity index (χ1) is 12.4. The molecule has 1 fully saturated rings. The van der Waals surface area contributed by atoms with Crippen LogP contribution < -0.4 is 14.8 Å². The van der Waals surface area contributed by atoms with Gasteiger partial charge in [-0.05, 0) is 24.1 Å². The third-order valence-corrected chi connectivity index (χ3v) is 4.28. The number of benzene rings is 2. The maximum Gasteiger partial charge on any atom is 0.162 e. The maximum atomic E-state index is 6.41. The van der Waals surface area contributed by atoms with Gasteiger partial charge in [0.2, 0.25) is 0 Å². The molecule has 134 valence electrons. The Morgan fingerprint density at radius 2 is 1.84 bits per heavy atom. The van der Waals surface area contributed by atoms with Crippen molar-refractivity contribution in [1.29, 1.82) is 0 Å². The van der Waals surface area contributed by atoms with Crippen molar-refractivity contribution >= 4 is 0 Å². The summed E-state index contributed by atoms with van der Waals surface area (Å²) in [5.74, 6) is 1.56. The average molecular weight is 341 g/mol. The van der Waals surface area contributed by atoms with Crippen molar-refractivity contribution in [2.45, 2.75) is 32.0 Å². The van der Waals surface area contributed by atoms with Crippen molar-refractivity contribution in [3.63, 3.8) is 0 Å². The molecule has 2 atom stereocenters. The summed E-state index contributed by atoms with van der Waals surface area (Å²) in [6.45, 7) is 5.22. The first kappa shape index (κ1) is 17.8. The molecule has 1 aliphatic heterocycles. The SMILES string of the molecule is CCCCOc1ccccc1OC(c1ccccc1)C1CNCCO1. The standard InChI is InChI=1S/C21H27NO3/c1-2-3-14-23-18-11-7-8-12-19(18)25-21(17-9-5-4-6-10-17)20-16-22-13-15-24-20/h4-12,20-22H,2-3,13-16H2,1H3. The number of hydrogen-bond donors (Lipinski definition) is 1. The topological polar surface area (TPSA) is 39.7 Å². The molecule has 4 heteroatoms. The van der Waals surface area contributed by atoms with Crippen LogP contribution in [0.5, 0.6) is 11.5 Å². The van der Waals surface area contributed by atoms with Crippen LogP contribution in [0.4, 0.5) is 0 Å². The fourth-order valence-corrected chi connectivity index (χ4v) is 2.91. The van der Waals surface area contributed by atoms with Crippen LogP contribution in [0.25, 0.3) is 0 Å². The summed E-state index contributed by atoms with van der Waals surface area (Å²) in [5.41, 5.74) is 1.11. The second-order valence-corrected chi connectivity index (χ2v) is 6.21. The van der Waals surface area contributed by atoms with Crippen LogP contribution in [0.3, 0.4) is 0 Å². The highest BCUT2D eigenvalue weighted by Crippen LogP contribution is 2.33. The molecule has 0 aromatic heterocycles. The Balaban J connectivity index is 1.80. The first-order valence-corrected chi connectivity index (χ1v) is 9.14. The first-order valence-electron chi connectivity index (χ1n) is 9.14. The fraction of sp³-hybridized carbons (Fsp3) is 0.429. The largest absolute Gasteiger partial charge is 0.490 e. The maximum absolute atomic E-state index is 6.41. The van der Waals surface area contributed by atoms with Gasteiger partial charge in [0.1, 0.15) is 6.10 Å². The van der Waals surface area contributed by atoms with E-state index in [-0.39, 0.29) is 12.2 Å². The molecule has 0 amide bonds. The molecule has 1 aliphatic rings. The Morgan fingerprint density at radius 1 is 1.08 bits per heavy atom. The number of nitrogens with one attached hydrogen (secondary N) is 1. The number of ether oxygens (including phenoxy) is 3. The number of unbranched alkanes of at least 4 members (excludes halogenated alkanes) is 1. The highest BCUT2D eigenvalue weighted by Gasteiger charge is 2.28. The number of rotatable bonds is 8. The normalized spacial score (nSPS) is 18.5. The minimum Gasteiger partial charge on any atom is -0.490 e. The molecule has 1 saturated heterocycles. The van der Waals surface area contributed by atoms with Crippen LogP contribution in [-0.4, -0.2) is 32.4 Å². The minimum atomic E-state index is -0.176. The van der Waals surface area contributed by atoms with Crippen LogP contribution in [0, 0.1) is 0 Å². The number of hydrogen-bond acceptors (Lipinski definition) is 4. The van der Waals surface area contributed by atoms with E-state index >= 15 is 0 Å². The third-order valence-electron chi connectivity index (χ3n) is 4.28. The van der Waals surface area contributed by atoms with E-state index in [2.05, 4.69) is 24.4 Å². The molecule has 1 heterocycles. The summed E-state index contributed by atoms with van der Waals surface area (Å²) in [4.78, 5) is 0. The molecule has 1 N–H and O–H groups in total. The van der Waals surface area contributed by atoms with Crippen molar-refractivity contribution in [3.05, 3.63) is 60.2 Å². The molecular formula is C21H27NO3. The van der Waals surface area contributed by atoms with Gasteiger partial charge in [-0.25, -0.2) is 0 Å². The van der Waals surface area contributed by atoms with Gasteiger partial charge in [0.15, 0.2) is 17.6 Å². The van der Waals surface area contributed by atoms with E-state index in [4.69, 9.17) is 14.2 Å². The second-order valence-electron chi connectivity index (χ2n) is 6.21. The summed E-state index contributed by atoms with van der Waals surface area (Å²) in [6, 6.07) is 18.1. The van der Waals surface area contributed by atoms with Crippen LogP contribution in [0.1, 0.15) is 31.4 Å². The fourth-order valence-electron chi connectivity index (χ4n) is 2.91. The Kier molecular flexibility index (Phi) is 6.71. The van der Waals surface area contributed by atoms with E-state index in [1.807, 2.05) is 42.5 Å². The third kappa shape index (κ3) is 4.97. The molecule has 0 radical (unpaired) electrons. The summed E-state index contributed by atoms with van der Waals surface area (Å²) < 4.78 is 18.3. The van der Waals surface area contributed by atoms with Crippen molar-refractivity contribution in [2.75, 3.05) is 26.3 Å². The molecule has 3 rings (SSSR count). The zero-order chi connectivity index (χ0) is 17.3.